The minimum atomic E-state index is 0.624. The Labute approximate surface area is 105 Å². The number of aryl methyl sites for hydroxylation is 2. The van der Waals surface area contributed by atoms with Gasteiger partial charge < -0.3 is 0 Å². The minimum absolute atomic E-state index is 0.624. The van der Waals surface area contributed by atoms with E-state index in [0.717, 1.165) is 9.92 Å². The summed E-state index contributed by atoms with van der Waals surface area (Å²) in [5.74, 6) is 0. The zero-order valence-electron chi connectivity index (χ0n) is 9.77. The summed E-state index contributed by atoms with van der Waals surface area (Å²) >= 11 is 1.55. The highest BCUT2D eigenvalue weighted by Crippen LogP contribution is 2.31. The van der Waals surface area contributed by atoms with Gasteiger partial charge in [0.25, 0.3) is 0 Å². The van der Waals surface area contributed by atoms with Crippen LogP contribution in [0.4, 0.5) is 0 Å². The summed E-state index contributed by atoms with van der Waals surface area (Å²) in [6, 6.07) is 12.0. The molecule has 0 saturated heterocycles. The van der Waals surface area contributed by atoms with E-state index >= 15 is 0 Å². The van der Waals surface area contributed by atoms with Crippen LogP contribution in [0.2, 0.25) is 0 Å². The Morgan fingerprint density at radius 3 is 2.82 bits per heavy atom. The predicted molar refractivity (Wildman–Crippen MR) is 69.0 cm³/mol. The van der Waals surface area contributed by atoms with E-state index in [1.807, 2.05) is 0 Å². The summed E-state index contributed by atoms with van der Waals surface area (Å²) < 4.78 is 0. The van der Waals surface area contributed by atoms with E-state index in [1.54, 1.807) is 30.1 Å². The molecule has 0 amide bonds. The van der Waals surface area contributed by atoms with Crippen molar-refractivity contribution in [1.29, 1.82) is 5.26 Å². The third kappa shape index (κ3) is 2.66. The van der Waals surface area contributed by atoms with Crippen LogP contribution in [0, 0.1) is 25.2 Å². The summed E-state index contributed by atoms with van der Waals surface area (Å²) in [7, 11) is 0. The lowest BCUT2D eigenvalue weighted by atomic mass is 10.2. The van der Waals surface area contributed by atoms with E-state index in [4.69, 9.17) is 5.26 Å². The molecular formula is C14H12N2S. The molecule has 0 aliphatic heterocycles. The van der Waals surface area contributed by atoms with Crippen LogP contribution in [-0.4, -0.2) is 4.98 Å². The fourth-order valence-electron chi connectivity index (χ4n) is 1.48. The van der Waals surface area contributed by atoms with Crippen molar-refractivity contribution in [2.75, 3.05) is 0 Å². The second-order valence-corrected chi connectivity index (χ2v) is 4.87. The van der Waals surface area contributed by atoms with Gasteiger partial charge in [-0.05, 0) is 43.2 Å². The van der Waals surface area contributed by atoms with Gasteiger partial charge in [0.1, 0.15) is 11.1 Å². The van der Waals surface area contributed by atoms with E-state index in [-0.39, 0.29) is 0 Å². The van der Waals surface area contributed by atoms with Crippen molar-refractivity contribution in [3.8, 4) is 6.07 Å². The number of rotatable bonds is 2. The van der Waals surface area contributed by atoms with Crippen LogP contribution in [0.1, 0.15) is 16.7 Å². The number of hydrogen-bond donors (Lipinski definition) is 0. The van der Waals surface area contributed by atoms with E-state index in [1.165, 1.54) is 11.1 Å². The van der Waals surface area contributed by atoms with Crippen molar-refractivity contribution in [2.45, 2.75) is 23.8 Å². The largest absolute Gasteiger partial charge is 0.248 e. The SMILES string of the molecule is Cc1ccc(C)c(Sc2ncccc2C#N)c1. The molecule has 2 nitrogen and oxygen atoms in total. The zero-order valence-corrected chi connectivity index (χ0v) is 10.6. The molecule has 0 fully saturated rings. The molecular weight excluding hydrogens is 228 g/mol. The number of aromatic nitrogens is 1. The number of benzene rings is 1. The topological polar surface area (TPSA) is 36.7 Å². The van der Waals surface area contributed by atoms with Crippen molar-refractivity contribution in [1.82, 2.24) is 4.98 Å². The van der Waals surface area contributed by atoms with Crippen LogP contribution in [0.15, 0.2) is 46.5 Å². The minimum Gasteiger partial charge on any atom is -0.248 e. The summed E-state index contributed by atoms with van der Waals surface area (Å²) in [6.45, 7) is 4.13. The van der Waals surface area contributed by atoms with Crippen LogP contribution in [0.25, 0.3) is 0 Å². The summed E-state index contributed by atoms with van der Waals surface area (Å²) in [5, 5.41) is 9.78. The Morgan fingerprint density at radius 1 is 1.24 bits per heavy atom. The van der Waals surface area contributed by atoms with Crippen molar-refractivity contribution < 1.29 is 0 Å². The summed E-state index contributed by atoms with van der Waals surface area (Å²) in [5.41, 5.74) is 3.04. The van der Waals surface area contributed by atoms with Gasteiger partial charge in [-0.2, -0.15) is 5.26 Å². The average Bonchev–Trinajstić information content (AvgIpc) is 2.34. The van der Waals surface area contributed by atoms with Gasteiger partial charge in [0, 0.05) is 11.1 Å². The first kappa shape index (κ1) is 11.7. The number of hydrogen-bond acceptors (Lipinski definition) is 3. The molecule has 2 aromatic rings. The van der Waals surface area contributed by atoms with Gasteiger partial charge in [0.05, 0.1) is 5.56 Å². The molecule has 0 N–H and O–H groups in total. The van der Waals surface area contributed by atoms with Gasteiger partial charge in [-0.3, -0.25) is 0 Å². The molecule has 1 aromatic heterocycles. The summed E-state index contributed by atoms with van der Waals surface area (Å²) in [6.07, 6.45) is 1.72. The van der Waals surface area contributed by atoms with Gasteiger partial charge in [-0.15, -0.1) is 0 Å². The molecule has 0 aliphatic carbocycles. The van der Waals surface area contributed by atoms with Gasteiger partial charge in [0.2, 0.25) is 0 Å². The third-order valence-electron chi connectivity index (χ3n) is 2.44. The Morgan fingerprint density at radius 2 is 2.06 bits per heavy atom. The van der Waals surface area contributed by atoms with Crippen molar-refractivity contribution in [3.05, 3.63) is 53.2 Å². The van der Waals surface area contributed by atoms with Gasteiger partial charge in [-0.25, -0.2) is 4.98 Å². The Bertz CT molecular complexity index is 585. The van der Waals surface area contributed by atoms with E-state index in [9.17, 15) is 0 Å². The number of pyridine rings is 1. The second kappa shape index (κ2) is 5.03. The molecule has 1 aromatic carbocycles. The standard InChI is InChI=1S/C14H12N2S/c1-10-5-6-11(2)13(8-10)17-14-12(9-15)4-3-7-16-14/h3-8H,1-2H3. The monoisotopic (exact) mass is 240 g/mol. The Balaban J connectivity index is 2.38. The fraction of sp³-hybridized carbons (Fsp3) is 0.143. The highest BCUT2D eigenvalue weighted by atomic mass is 32.2. The smallest absolute Gasteiger partial charge is 0.119 e. The van der Waals surface area contributed by atoms with Gasteiger partial charge in [-0.1, -0.05) is 23.9 Å². The lowest BCUT2D eigenvalue weighted by Crippen LogP contribution is -1.87. The molecule has 0 aliphatic rings. The molecule has 0 atom stereocenters. The molecule has 3 heteroatoms. The molecule has 0 unspecified atom stereocenters. The van der Waals surface area contributed by atoms with Crippen LogP contribution in [0.5, 0.6) is 0 Å². The first-order chi connectivity index (χ1) is 8.20. The van der Waals surface area contributed by atoms with E-state index < -0.39 is 0 Å². The van der Waals surface area contributed by atoms with Gasteiger partial charge in [0.15, 0.2) is 0 Å². The molecule has 17 heavy (non-hydrogen) atoms. The predicted octanol–water partition coefficient (Wildman–Crippen LogP) is 3.72. The van der Waals surface area contributed by atoms with Gasteiger partial charge >= 0.3 is 0 Å². The lowest BCUT2D eigenvalue weighted by Gasteiger charge is -2.06. The molecule has 84 valence electrons. The van der Waals surface area contributed by atoms with Crippen LogP contribution >= 0.6 is 11.8 Å². The van der Waals surface area contributed by atoms with Crippen LogP contribution < -0.4 is 0 Å². The van der Waals surface area contributed by atoms with Crippen molar-refractivity contribution in [3.63, 3.8) is 0 Å². The highest BCUT2D eigenvalue weighted by Gasteiger charge is 2.07. The maximum atomic E-state index is 9.02. The summed E-state index contributed by atoms with van der Waals surface area (Å²) in [4.78, 5) is 5.41. The lowest BCUT2D eigenvalue weighted by molar-refractivity contribution is 1.10. The molecule has 0 bridgehead atoms. The first-order valence-corrected chi connectivity index (χ1v) is 6.12. The maximum absolute atomic E-state index is 9.02. The average molecular weight is 240 g/mol. The normalized spacial score (nSPS) is 9.94. The number of nitriles is 1. The molecule has 0 radical (unpaired) electrons. The van der Waals surface area contributed by atoms with Crippen LogP contribution in [0.3, 0.4) is 0 Å². The third-order valence-corrected chi connectivity index (χ3v) is 3.62. The van der Waals surface area contributed by atoms with Crippen molar-refractivity contribution in [2.24, 2.45) is 0 Å². The maximum Gasteiger partial charge on any atom is 0.119 e. The zero-order chi connectivity index (χ0) is 12.3. The van der Waals surface area contributed by atoms with E-state index in [2.05, 4.69) is 43.1 Å². The highest BCUT2D eigenvalue weighted by molar-refractivity contribution is 7.99. The molecule has 1 heterocycles. The molecule has 0 spiro atoms. The quantitative estimate of drug-likeness (QED) is 0.802. The second-order valence-electron chi connectivity index (χ2n) is 3.84. The Hall–Kier alpha value is -1.79. The number of nitrogens with zero attached hydrogens (tertiary/aromatic N) is 2. The fourth-order valence-corrected chi connectivity index (χ4v) is 2.50. The molecule has 0 saturated carbocycles. The van der Waals surface area contributed by atoms with E-state index in [0.29, 0.717) is 5.56 Å². The van der Waals surface area contributed by atoms with Crippen molar-refractivity contribution >= 4 is 11.8 Å². The molecule has 2 rings (SSSR count). The first-order valence-electron chi connectivity index (χ1n) is 5.31. The Kier molecular flexibility index (Phi) is 3.46. The van der Waals surface area contributed by atoms with Crippen LogP contribution in [-0.2, 0) is 0 Å².